The summed E-state index contributed by atoms with van der Waals surface area (Å²) in [6.45, 7) is 4.29. The molecule has 158 valence electrons. The summed E-state index contributed by atoms with van der Waals surface area (Å²) < 4.78 is 5.57. The van der Waals surface area contributed by atoms with Crippen molar-refractivity contribution in [3.05, 3.63) is 120 Å². The summed E-state index contributed by atoms with van der Waals surface area (Å²) in [6, 6.07) is 36.1. The number of ether oxygens (including phenoxy) is 1. The fraction of sp³-hybridized carbons (Fsp3) is 0.143. The summed E-state index contributed by atoms with van der Waals surface area (Å²) in [5.41, 5.74) is 3.65. The van der Waals surface area contributed by atoms with Crippen LogP contribution in [0.25, 0.3) is 0 Å². The van der Waals surface area contributed by atoms with Crippen LogP contribution in [0.1, 0.15) is 16.7 Å². The van der Waals surface area contributed by atoms with E-state index in [9.17, 15) is 0 Å². The molecule has 0 unspecified atom stereocenters. The maximum atomic E-state index is 8.21. The van der Waals surface area contributed by atoms with E-state index in [1.54, 1.807) is 7.11 Å². The van der Waals surface area contributed by atoms with Crippen molar-refractivity contribution < 1.29 is 4.74 Å². The second kappa shape index (κ2) is 8.50. The van der Waals surface area contributed by atoms with Crippen molar-refractivity contribution in [2.75, 3.05) is 7.11 Å². The van der Waals surface area contributed by atoms with E-state index in [0.29, 0.717) is 0 Å². The first-order valence-electron chi connectivity index (χ1n) is 10.5. The Morgan fingerprint density at radius 1 is 0.613 bits per heavy atom. The van der Waals surface area contributed by atoms with Gasteiger partial charge in [0.25, 0.3) is 0 Å². The van der Waals surface area contributed by atoms with Crippen LogP contribution >= 0.6 is 17.2 Å². The fourth-order valence-corrected chi connectivity index (χ4v) is 10.7. The molecule has 0 spiro atoms. The van der Waals surface area contributed by atoms with Crippen molar-refractivity contribution >= 4 is 33.1 Å². The van der Waals surface area contributed by atoms with E-state index in [1.165, 1.54) is 27.0 Å². The van der Waals surface area contributed by atoms with Crippen LogP contribution in [0.3, 0.4) is 0 Å². The topological polar surface area (TPSA) is 9.23 Å². The molecule has 1 nitrogen and oxygen atoms in total. The van der Waals surface area contributed by atoms with E-state index in [4.69, 9.17) is 16.0 Å². The predicted molar refractivity (Wildman–Crippen MR) is 137 cm³/mol. The Hall–Kier alpha value is -2.60. The van der Waals surface area contributed by atoms with E-state index in [-0.39, 0.29) is 0 Å². The van der Waals surface area contributed by atoms with Crippen molar-refractivity contribution in [1.29, 1.82) is 0 Å². The number of rotatable bonds is 6. The van der Waals surface area contributed by atoms with Crippen LogP contribution in [0.2, 0.25) is 0 Å². The van der Waals surface area contributed by atoms with Gasteiger partial charge in [-0.2, -0.15) is 0 Å². The van der Waals surface area contributed by atoms with Gasteiger partial charge >= 0.3 is 191 Å². The van der Waals surface area contributed by atoms with Gasteiger partial charge in [-0.1, -0.05) is 0 Å². The second-order valence-corrected chi connectivity index (χ2v) is 14.5. The quantitative estimate of drug-likeness (QED) is 0.307. The molecule has 0 saturated heterocycles. The van der Waals surface area contributed by atoms with Gasteiger partial charge < -0.3 is 0 Å². The van der Waals surface area contributed by atoms with Gasteiger partial charge in [-0.05, 0) is 0 Å². The zero-order chi connectivity index (χ0) is 21.9. The molecule has 0 fully saturated rings. The van der Waals surface area contributed by atoms with Crippen molar-refractivity contribution in [2.45, 2.75) is 20.0 Å². The molecule has 4 aromatic rings. The Kier molecular flexibility index (Phi) is 5.93. The molecule has 3 heteroatoms. The van der Waals surface area contributed by atoms with E-state index >= 15 is 0 Å². The average molecular weight is 447 g/mol. The molecule has 0 atom stereocenters. The zero-order valence-electron chi connectivity index (χ0n) is 18.3. The molecule has 0 N–H and O–H groups in total. The van der Waals surface area contributed by atoms with Crippen LogP contribution in [0.5, 0.6) is 5.75 Å². The summed E-state index contributed by atoms with van der Waals surface area (Å²) in [5.74, 6) is -2.42. The molecule has 4 rings (SSSR count). The van der Waals surface area contributed by atoms with Gasteiger partial charge in [0.2, 0.25) is 0 Å². The third-order valence-corrected chi connectivity index (χ3v) is 13.6. The summed E-state index contributed by atoms with van der Waals surface area (Å²) in [5, 5.41) is 3.54. The van der Waals surface area contributed by atoms with Gasteiger partial charge in [-0.3, -0.25) is 0 Å². The molecule has 0 amide bonds. The van der Waals surface area contributed by atoms with Crippen LogP contribution in [0.15, 0.2) is 103 Å². The Bertz CT molecular complexity index is 1070. The normalized spacial score (nSPS) is 12.7. The first kappa shape index (κ1) is 21.6. The monoisotopic (exact) mass is 446 g/mol. The summed E-state index contributed by atoms with van der Waals surface area (Å²) in [4.78, 5) is 0. The maximum absolute atomic E-state index is 8.21. The van der Waals surface area contributed by atoms with Crippen LogP contribution < -0.4 is 20.7 Å². The molecular weight excluding hydrogens is 419 g/mol. The van der Waals surface area contributed by atoms with Crippen molar-refractivity contribution in [2.24, 2.45) is 0 Å². The van der Waals surface area contributed by atoms with Gasteiger partial charge in [0.15, 0.2) is 0 Å². The molecule has 0 aromatic heterocycles. The first-order valence-corrected chi connectivity index (χ1v) is 13.8. The van der Waals surface area contributed by atoms with Crippen molar-refractivity contribution in [3.8, 4) is 5.75 Å². The predicted octanol–water partition coefficient (Wildman–Crippen LogP) is 6.50. The standard InChI is InChI=1S/C28H28ClOP/c1-22-23(2)28(30-3)20-19-24(22)21-31(29,25-13-7-4-8-14-25,26-15-9-5-10-16-26)27-17-11-6-12-18-27/h4-20H,21H2,1-3H3. The van der Waals surface area contributed by atoms with Crippen LogP contribution in [0, 0.1) is 13.8 Å². The van der Waals surface area contributed by atoms with Crippen LogP contribution in [0.4, 0.5) is 0 Å². The van der Waals surface area contributed by atoms with E-state index in [2.05, 4.69) is 117 Å². The first-order chi connectivity index (χ1) is 15.0. The summed E-state index contributed by atoms with van der Waals surface area (Å²) in [6.07, 6.45) is 0.738. The average Bonchev–Trinajstić information content (AvgIpc) is 2.84. The van der Waals surface area contributed by atoms with Crippen LogP contribution in [-0.2, 0) is 6.16 Å². The number of benzene rings is 4. The second-order valence-electron chi connectivity index (χ2n) is 8.02. The van der Waals surface area contributed by atoms with Gasteiger partial charge in [0.05, 0.1) is 0 Å². The van der Waals surface area contributed by atoms with Crippen molar-refractivity contribution in [3.63, 3.8) is 0 Å². The number of hydrogen-bond acceptors (Lipinski definition) is 1. The van der Waals surface area contributed by atoms with Gasteiger partial charge in [0.1, 0.15) is 0 Å². The van der Waals surface area contributed by atoms with E-state index < -0.39 is 5.96 Å². The molecule has 0 saturated carbocycles. The molecule has 31 heavy (non-hydrogen) atoms. The molecule has 4 aromatic carbocycles. The molecular formula is C28H28ClOP. The fourth-order valence-electron chi connectivity index (χ4n) is 4.50. The summed E-state index contributed by atoms with van der Waals surface area (Å²) in [7, 11) is 1.72. The minimum absolute atomic E-state index is 0.738. The van der Waals surface area contributed by atoms with Crippen LogP contribution in [-0.4, -0.2) is 7.11 Å². The Morgan fingerprint density at radius 3 is 1.42 bits per heavy atom. The van der Waals surface area contributed by atoms with Gasteiger partial charge in [-0.15, -0.1) is 0 Å². The summed E-state index contributed by atoms with van der Waals surface area (Å²) >= 11 is 8.21. The molecule has 0 bridgehead atoms. The number of hydrogen-bond donors (Lipinski definition) is 0. The van der Waals surface area contributed by atoms with E-state index in [1.807, 2.05) is 0 Å². The van der Waals surface area contributed by atoms with Gasteiger partial charge in [-0.25, -0.2) is 0 Å². The number of methoxy groups -OCH3 is 1. The molecule has 0 aliphatic carbocycles. The molecule has 0 radical (unpaired) electrons. The SMILES string of the molecule is COc1ccc(CP(Cl)(c2ccccc2)(c2ccccc2)c2ccccc2)c(C)c1C. The molecule has 0 aliphatic heterocycles. The zero-order valence-corrected chi connectivity index (χ0v) is 19.9. The van der Waals surface area contributed by atoms with E-state index in [0.717, 1.165) is 17.5 Å². The molecule has 0 aliphatic rings. The molecule has 0 heterocycles. The van der Waals surface area contributed by atoms with Crippen molar-refractivity contribution in [1.82, 2.24) is 0 Å². The Labute approximate surface area is 190 Å². The van der Waals surface area contributed by atoms with Gasteiger partial charge in [0, 0.05) is 0 Å². The number of halogens is 1. The third kappa shape index (κ3) is 3.57. The Balaban J connectivity index is 2.08. The Morgan fingerprint density at radius 2 is 1.03 bits per heavy atom. The third-order valence-electron chi connectivity index (χ3n) is 6.42. The minimum atomic E-state index is -3.33.